The average molecular weight is 377 g/mol. The van der Waals surface area contributed by atoms with Crippen molar-refractivity contribution in [1.29, 1.82) is 0 Å². The Balaban J connectivity index is 1.37. The van der Waals surface area contributed by atoms with E-state index >= 15 is 0 Å². The van der Waals surface area contributed by atoms with Crippen LogP contribution >= 0.6 is 0 Å². The Kier molecular flexibility index (Phi) is 4.79. The molecule has 0 aliphatic heterocycles. The second-order valence-corrected chi connectivity index (χ2v) is 5.90. The van der Waals surface area contributed by atoms with Gasteiger partial charge >= 0.3 is 6.03 Å². The number of amides is 2. The Bertz CT molecular complexity index is 1080. The molecule has 4 rings (SSSR count). The van der Waals surface area contributed by atoms with Gasteiger partial charge in [-0.25, -0.2) is 23.5 Å². The van der Waals surface area contributed by atoms with E-state index in [4.69, 9.17) is 0 Å². The molecule has 0 aliphatic carbocycles. The SMILES string of the molecule is O=C(NCc1ccnc(-n2cccn2)c1)Nc1ccc(-n2cccn2)c(F)c1. The summed E-state index contributed by atoms with van der Waals surface area (Å²) in [7, 11) is 0. The van der Waals surface area contributed by atoms with Crippen LogP contribution in [-0.2, 0) is 6.54 Å². The van der Waals surface area contributed by atoms with Crippen molar-refractivity contribution in [3.8, 4) is 11.5 Å². The maximum absolute atomic E-state index is 14.2. The second-order valence-electron chi connectivity index (χ2n) is 5.90. The van der Waals surface area contributed by atoms with Crippen molar-refractivity contribution in [3.05, 3.63) is 84.8 Å². The monoisotopic (exact) mass is 377 g/mol. The number of benzene rings is 1. The maximum Gasteiger partial charge on any atom is 0.319 e. The van der Waals surface area contributed by atoms with Gasteiger partial charge < -0.3 is 10.6 Å². The van der Waals surface area contributed by atoms with E-state index in [-0.39, 0.29) is 6.54 Å². The van der Waals surface area contributed by atoms with Gasteiger partial charge in [-0.15, -0.1) is 0 Å². The quantitative estimate of drug-likeness (QED) is 0.560. The number of carbonyl (C=O) groups is 1. The second kappa shape index (κ2) is 7.70. The first kappa shape index (κ1) is 17.4. The fourth-order valence-electron chi connectivity index (χ4n) is 2.64. The molecular weight excluding hydrogens is 361 g/mol. The molecule has 140 valence electrons. The summed E-state index contributed by atoms with van der Waals surface area (Å²) in [5.74, 6) is 0.167. The Morgan fingerprint density at radius 3 is 2.50 bits per heavy atom. The van der Waals surface area contributed by atoms with Gasteiger partial charge in [0.25, 0.3) is 0 Å². The molecule has 28 heavy (non-hydrogen) atoms. The zero-order chi connectivity index (χ0) is 19.3. The third kappa shape index (κ3) is 3.88. The summed E-state index contributed by atoms with van der Waals surface area (Å²) < 4.78 is 17.3. The van der Waals surface area contributed by atoms with Crippen molar-refractivity contribution in [2.75, 3.05) is 5.32 Å². The Morgan fingerprint density at radius 2 is 1.79 bits per heavy atom. The molecule has 2 amide bonds. The highest BCUT2D eigenvalue weighted by Gasteiger charge is 2.08. The van der Waals surface area contributed by atoms with Crippen LogP contribution in [0.2, 0.25) is 0 Å². The van der Waals surface area contributed by atoms with Gasteiger partial charge in [-0.2, -0.15) is 10.2 Å². The summed E-state index contributed by atoms with van der Waals surface area (Å²) in [4.78, 5) is 16.4. The molecule has 1 aromatic carbocycles. The van der Waals surface area contributed by atoms with E-state index < -0.39 is 11.8 Å². The third-order valence-corrected chi connectivity index (χ3v) is 3.96. The lowest BCUT2D eigenvalue weighted by Gasteiger charge is -2.10. The first-order chi connectivity index (χ1) is 13.7. The predicted octanol–water partition coefficient (Wildman–Crippen LogP) is 2.91. The van der Waals surface area contributed by atoms with Crippen molar-refractivity contribution in [2.45, 2.75) is 6.54 Å². The third-order valence-electron chi connectivity index (χ3n) is 3.96. The molecular formula is C19H16FN7O. The van der Waals surface area contributed by atoms with Crippen LogP contribution in [0.3, 0.4) is 0 Å². The molecule has 0 spiro atoms. The van der Waals surface area contributed by atoms with Crippen molar-refractivity contribution >= 4 is 11.7 Å². The van der Waals surface area contributed by atoms with Gasteiger partial charge in [-0.3, -0.25) is 0 Å². The molecule has 0 saturated heterocycles. The van der Waals surface area contributed by atoms with Crippen molar-refractivity contribution in [3.63, 3.8) is 0 Å². The lowest BCUT2D eigenvalue weighted by atomic mass is 10.2. The van der Waals surface area contributed by atoms with Crippen LogP contribution in [0, 0.1) is 5.82 Å². The lowest BCUT2D eigenvalue weighted by Crippen LogP contribution is -2.28. The highest BCUT2D eigenvalue weighted by molar-refractivity contribution is 5.89. The molecule has 0 bridgehead atoms. The van der Waals surface area contributed by atoms with Crippen molar-refractivity contribution in [2.24, 2.45) is 0 Å². The van der Waals surface area contributed by atoms with Crippen LogP contribution in [0.15, 0.2) is 73.4 Å². The molecule has 0 radical (unpaired) electrons. The minimum atomic E-state index is -0.487. The molecule has 9 heteroatoms. The summed E-state index contributed by atoms with van der Waals surface area (Å²) in [6, 6.07) is 11.1. The average Bonchev–Trinajstić information content (AvgIpc) is 3.41. The largest absolute Gasteiger partial charge is 0.334 e. The van der Waals surface area contributed by atoms with E-state index in [0.29, 0.717) is 17.2 Å². The number of nitrogens with one attached hydrogen (secondary N) is 2. The topological polar surface area (TPSA) is 89.7 Å². The van der Waals surface area contributed by atoms with Gasteiger partial charge in [0.2, 0.25) is 0 Å². The zero-order valence-electron chi connectivity index (χ0n) is 14.7. The van der Waals surface area contributed by atoms with Gasteiger partial charge in [-0.05, 0) is 48.0 Å². The highest BCUT2D eigenvalue weighted by atomic mass is 19.1. The summed E-state index contributed by atoms with van der Waals surface area (Å²) in [5, 5.41) is 13.5. The van der Waals surface area contributed by atoms with Crippen LogP contribution in [0.25, 0.3) is 11.5 Å². The number of aromatic nitrogens is 5. The smallest absolute Gasteiger partial charge is 0.319 e. The number of hydrogen-bond donors (Lipinski definition) is 2. The van der Waals surface area contributed by atoms with Crippen LogP contribution < -0.4 is 10.6 Å². The summed E-state index contributed by atoms with van der Waals surface area (Å²) in [6.07, 6.45) is 8.31. The van der Waals surface area contributed by atoms with Crippen LogP contribution in [0.5, 0.6) is 0 Å². The molecule has 0 saturated carbocycles. The fraction of sp³-hybridized carbons (Fsp3) is 0.0526. The molecule has 0 fully saturated rings. The van der Waals surface area contributed by atoms with E-state index in [2.05, 4.69) is 25.8 Å². The minimum Gasteiger partial charge on any atom is -0.334 e. The van der Waals surface area contributed by atoms with Crippen molar-refractivity contribution < 1.29 is 9.18 Å². The first-order valence-electron chi connectivity index (χ1n) is 8.48. The van der Waals surface area contributed by atoms with Gasteiger partial charge in [0.05, 0.1) is 0 Å². The number of halogens is 1. The molecule has 2 N–H and O–H groups in total. The minimum absolute atomic E-state index is 0.288. The molecule has 3 aromatic heterocycles. The number of carbonyl (C=O) groups excluding carboxylic acids is 1. The van der Waals surface area contributed by atoms with Crippen LogP contribution in [0.4, 0.5) is 14.9 Å². The number of nitrogens with zero attached hydrogens (tertiary/aromatic N) is 5. The lowest BCUT2D eigenvalue weighted by molar-refractivity contribution is 0.251. The van der Waals surface area contributed by atoms with Crippen LogP contribution in [-0.4, -0.2) is 30.6 Å². The molecule has 0 aliphatic rings. The van der Waals surface area contributed by atoms with Gasteiger partial charge in [-0.1, -0.05) is 0 Å². The van der Waals surface area contributed by atoms with Crippen LogP contribution in [0.1, 0.15) is 5.56 Å². The number of pyridine rings is 1. The van der Waals surface area contributed by atoms with Crippen molar-refractivity contribution in [1.82, 2.24) is 29.9 Å². The zero-order valence-corrected chi connectivity index (χ0v) is 14.7. The maximum atomic E-state index is 14.2. The number of rotatable bonds is 5. The predicted molar refractivity (Wildman–Crippen MR) is 101 cm³/mol. The van der Waals surface area contributed by atoms with E-state index in [1.807, 2.05) is 6.07 Å². The number of hydrogen-bond acceptors (Lipinski definition) is 4. The fourth-order valence-corrected chi connectivity index (χ4v) is 2.64. The molecule has 0 atom stereocenters. The van der Waals surface area contributed by atoms with Gasteiger partial charge in [0.15, 0.2) is 11.6 Å². The summed E-state index contributed by atoms with van der Waals surface area (Å²) in [5.41, 5.74) is 1.51. The van der Waals surface area contributed by atoms with E-state index in [1.165, 1.54) is 10.7 Å². The number of anilines is 1. The standard InChI is InChI=1S/C19H16FN7O/c20-16-12-15(3-4-17(16)26-9-1-6-23-26)25-19(28)22-13-14-5-8-21-18(11-14)27-10-2-7-24-27/h1-12H,13H2,(H2,22,25,28). The van der Waals surface area contributed by atoms with E-state index in [9.17, 15) is 9.18 Å². The normalized spacial score (nSPS) is 10.6. The summed E-state index contributed by atoms with van der Waals surface area (Å²) in [6.45, 7) is 0.288. The molecule has 8 nitrogen and oxygen atoms in total. The van der Waals surface area contributed by atoms with E-state index in [1.54, 1.807) is 66.0 Å². The molecule has 0 unspecified atom stereocenters. The van der Waals surface area contributed by atoms with Gasteiger partial charge in [0, 0.05) is 43.2 Å². The van der Waals surface area contributed by atoms with Gasteiger partial charge in [0.1, 0.15) is 5.69 Å². The Morgan fingerprint density at radius 1 is 1.00 bits per heavy atom. The summed E-state index contributed by atoms with van der Waals surface area (Å²) >= 11 is 0. The Hall–Kier alpha value is -4.01. The molecule has 3 heterocycles. The Labute approximate surface area is 159 Å². The number of urea groups is 1. The highest BCUT2D eigenvalue weighted by Crippen LogP contribution is 2.17. The van der Waals surface area contributed by atoms with E-state index in [0.717, 1.165) is 5.56 Å². The molecule has 4 aromatic rings. The first-order valence-corrected chi connectivity index (χ1v) is 8.48.